The van der Waals surface area contributed by atoms with E-state index in [-0.39, 0.29) is 0 Å². The zero-order valence-corrected chi connectivity index (χ0v) is 17.1. The number of hydrogen-bond donors (Lipinski definition) is 2. The fourth-order valence-corrected chi connectivity index (χ4v) is 3.36. The summed E-state index contributed by atoms with van der Waals surface area (Å²) in [6.07, 6.45) is 7.30. The Labute approximate surface area is 179 Å². The zero-order chi connectivity index (χ0) is 20.1. The summed E-state index contributed by atoms with van der Waals surface area (Å²) < 4.78 is 3.69. The lowest BCUT2D eigenvalue weighted by Gasteiger charge is -2.06. The molecule has 0 aliphatic rings. The van der Waals surface area contributed by atoms with E-state index in [0.29, 0.717) is 23.2 Å². The van der Waals surface area contributed by atoms with Gasteiger partial charge >= 0.3 is 0 Å². The van der Waals surface area contributed by atoms with E-state index in [1.807, 2.05) is 64.2 Å². The van der Waals surface area contributed by atoms with Crippen LogP contribution in [0.25, 0.3) is 0 Å². The molecule has 0 bridgehead atoms. The largest absolute Gasteiger partial charge is 0.330 e. The highest BCUT2D eigenvalue weighted by Gasteiger charge is 2.05. The second kappa shape index (κ2) is 8.89. The number of nitrogens with one attached hydrogen (secondary N) is 2. The van der Waals surface area contributed by atoms with Crippen LogP contribution in [0.4, 0.5) is 11.4 Å². The molecule has 2 N–H and O–H groups in total. The first-order valence-corrected chi connectivity index (χ1v) is 9.84. The molecule has 8 heteroatoms. The van der Waals surface area contributed by atoms with E-state index in [4.69, 9.17) is 23.8 Å². The van der Waals surface area contributed by atoms with Gasteiger partial charge in [0.1, 0.15) is 0 Å². The first-order chi connectivity index (χ1) is 14.1. The Morgan fingerprint density at radius 2 is 1.41 bits per heavy atom. The van der Waals surface area contributed by atoms with Crippen molar-refractivity contribution in [2.24, 2.45) is 0 Å². The Balaban J connectivity index is 1.31. The molecule has 0 unspecified atom stereocenters. The van der Waals surface area contributed by atoms with E-state index in [9.17, 15) is 0 Å². The van der Waals surface area contributed by atoms with Gasteiger partial charge in [-0.2, -0.15) is 10.2 Å². The van der Waals surface area contributed by atoms with Gasteiger partial charge in [0, 0.05) is 17.4 Å². The molecule has 0 radical (unpaired) electrons. The molecule has 0 aliphatic heterocycles. The predicted octanol–water partition coefficient (Wildman–Crippen LogP) is 4.64. The summed E-state index contributed by atoms with van der Waals surface area (Å²) in [4.78, 5) is 0. The molecule has 0 amide bonds. The van der Waals surface area contributed by atoms with Gasteiger partial charge in [-0.05, 0) is 35.5 Å². The van der Waals surface area contributed by atoms with Crippen LogP contribution in [0.2, 0.25) is 5.02 Å². The number of benzene rings is 2. The Hall–Kier alpha value is -3.16. The molecule has 0 fully saturated rings. The summed E-state index contributed by atoms with van der Waals surface area (Å²) >= 11 is 11.4. The third kappa shape index (κ3) is 5.43. The zero-order valence-electron chi connectivity index (χ0n) is 15.5. The van der Waals surface area contributed by atoms with Crippen molar-refractivity contribution in [2.45, 2.75) is 13.1 Å². The summed E-state index contributed by atoms with van der Waals surface area (Å²) in [5.74, 6) is 0. The molecule has 29 heavy (non-hydrogen) atoms. The monoisotopic (exact) mass is 422 g/mol. The first-order valence-electron chi connectivity index (χ1n) is 9.05. The molecule has 0 aliphatic carbocycles. The molecule has 2 aromatic heterocycles. The molecule has 0 atom stereocenters. The van der Waals surface area contributed by atoms with E-state index in [0.717, 1.165) is 16.9 Å². The van der Waals surface area contributed by atoms with Crippen LogP contribution in [0.1, 0.15) is 11.1 Å². The third-order valence-electron chi connectivity index (χ3n) is 4.20. The van der Waals surface area contributed by atoms with Crippen molar-refractivity contribution in [1.29, 1.82) is 0 Å². The summed E-state index contributed by atoms with van der Waals surface area (Å²) in [6, 6.07) is 17.9. The van der Waals surface area contributed by atoms with Crippen molar-refractivity contribution >= 4 is 40.3 Å². The molecule has 0 spiro atoms. The lowest BCUT2D eigenvalue weighted by atomic mass is 10.2. The minimum Gasteiger partial charge on any atom is -0.330 e. The van der Waals surface area contributed by atoms with E-state index >= 15 is 0 Å². The lowest BCUT2D eigenvalue weighted by molar-refractivity contribution is 0.687. The molecule has 2 aromatic carbocycles. The van der Waals surface area contributed by atoms with Crippen LogP contribution in [0.15, 0.2) is 79.4 Å². The molecule has 2 heterocycles. The Morgan fingerprint density at radius 1 is 0.828 bits per heavy atom. The van der Waals surface area contributed by atoms with Crippen LogP contribution in [0.3, 0.4) is 0 Å². The summed E-state index contributed by atoms with van der Waals surface area (Å²) in [7, 11) is 0. The SMILES string of the molecule is S=C(Nc1cnn(Cc2ccccc2)c1)Nc1cnn(Cc2cccc(Cl)c2)c1. The van der Waals surface area contributed by atoms with E-state index in [2.05, 4.69) is 33.0 Å². The van der Waals surface area contributed by atoms with E-state index in [1.165, 1.54) is 5.56 Å². The fraction of sp³-hybridized carbons (Fsp3) is 0.0952. The van der Waals surface area contributed by atoms with Gasteiger partial charge in [-0.1, -0.05) is 54.1 Å². The molecule has 146 valence electrons. The van der Waals surface area contributed by atoms with Crippen molar-refractivity contribution in [3.63, 3.8) is 0 Å². The Bertz CT molecular complexity index is 1110. The smallest absolute Gasteiger partial charge is 0.175 e. The second-order valence-corrected chi connectivity index (χ2v) is 7.39. The summed E-state index contributed by atoms with van der Waals surface area (Å²) in [5.41, 5.74) is 3.90. The quantitative estimate of drug-likeness (QED) is 0.443. The standard InChI is InChI=1S/C21H19ClN6S/c22-18-8-4-7-17(9-18)13-28-15-20(11-24-28)26-21(29)25-19-10-23-27(14-19)12-16-5-2-1-3-6-16/h1-11,14-15H,12-13H2,(H2,25,26,29). The molecular formula is C21H19ClN6S. The number of hydrogen-bond acceptors (Lipinski definition) is 3. The van der Waals surface area contributed by atoms with Gasteiger partial charge in [0.05, 0.1) is 36.9 Å². The Morgan fingerprint density at radius 3 is 2.03 bits per heavy atom. The maximum atomic E-state index is 6.03. The highest BCUT2D eigenvalue weighted by Crippen LogP contribution is 2.14. The van der Waals surface area contributed by atoms with Crippen molar-refractivity contribution in [1.82, 2.24) is 19.6 Å². The van der Waals surface area contributed by atoms with Crippen molar-refractivity contribution < 1.29 is 0 Å². The van der Waals surface area contributed by atoms with Crippen LogP contribution in [0, 0.1) is 0 Å². The van der Waals surface area contributed by atoms with E-state index in [1.54, 1.807) is 12.4 Å². The number of nitrogens with zero attached hydrogens (tertiary/aromatic N) is 4. The predicted molar refractivity (Wildman–Crippen MR) is 120 cm³/mol. The minimum atomic E-state index is 0.478. The van der Waals surface area contributed by atoms with Gasteiger partial charge in [0.25, 0.3) is 0 Å². The van der Waals surface area contributed by atoms with Crippen molar-refractivity contribution in [3.05, 3.63) is 95.5 Å². The van der Waals surface area contributed by atoms with Crippen LogP contribution < -0.4 is 10.6 Å². The third-order valence-corrected chi connectivity index (χ3v) is 4.64. The Kier molecular flexibility index (Phi) is 5.88. The minimum absolute atomic E-state index is 0.478. The number of thiocarbonyl (C=S) groups is 1. The average Bonchev–Trinajstić information content (AvgIpc) is 3.32. The summed E-state index contributed by atoms with van der Waals surface area (Å²) in [5, 5.41) is 16.2. The highest BCUT2D eigenvalue weighted by molar-refractivity contribution is 7.80. The van der Waals surface area contributed by atoms with Gasteiger partial charge in [0.15, 0.2) is 5.11 Å². The molecule has 4 aromatic rings. The van der Waals surface area contributed by atoms with Crippen LogP contribution in [-0.4, -0.2) is 24.7 Å². The number of rotatable bonds is 6. The highest BCUT2D eigenvalue weighted by atomic mass is 35.5. The van der Waals surface area contributed by atoms with Gasteiger partial charge < -0.3 is 10.6 Å². The van der Waals surface area contributed by atoms with Gasteiger partial charge in [-0.15, -0.1) is 0 Å². The number of aromatic nitrogens is 4. The molecule has 6 nitrogen and oxygen atoms in total. The van der Waals surface area contributed by atoms with Gasteiger partial charge in [-0.3, -0.25) is 9.36 Å². The maximum absolute atomic E-state index is 6.03. The molecular weight excluding hydrogens is 404 g/mol. The van der Waals surface area contributed by atoms with Crippen molar-refractivity contribution in [3.8, 4) is 0 Å². The van der Waals surface area contributed by atoms with E-state index < -0.39 is 0 Å². The maximum Gasteiger partial charge on any atom is 0.175 e. The number of anilines is 2. The fourth-order valence-electron chi connectivity index (χ4n) is 2.92. The summed E-state index contributed by atoms with van der Waals surface area (Å²) in [6.45, 7) is 1.34. The van der Waals surface area contributed by atoms with Crippen LogP contribution >= 0.6 is 23.8 Å². The molecule has 0 saturated carbocycles. The van der Waals surface area contributed by atoms with Gasteiger partial charge in [0.2, 0.25) is 0 Å². The average molecular weight is 423 g/mol. The number of halogens is 1. The first kappa shape index (κ1) is 19.2. The topological polar surface area (TPSA) is 59.7 Å². The molecule has 0 saturated heterocycles. The lowest BCUT2D eigenvalue weighted by Crippen LogP contribution is -2.18. The van der Waals surface area contributed by atoms with Crippen LogP contribution in [-0.2, 0) is 13.1 Å². The van der Waals surface area contributed by atoms with Gasteiger partial charge in [-0.25, -0.2) is 0 Å². The normalized spacial score (nSPS) is 10.7. The van der Waals surface area contributed by atoms with Crippen molar-refractivity contribution in [2.75, 3.05) is 10.6 Å². The molecule has 4 rings (SSSR count). The van der Waals surface area contributed by atoms with Crippen LogP contribution in [0.5, 0.6) is 0 Å². The second-order valence-electron chi connectivity index (χ2n) is 6.55.